The predicted molar refractivity (Wildman–Crippen MR) is 126 cm³/mol. The van der Waals surface area contributed by atoms with Crippen molar-refractivity contribution in [2.45, 2.75) is 37.6 Å². The van der Waals surface area contributed by atoms with Crippen molar-refractivity contribution >= 4 is 17.7 Å². The fourth-order valence-corrected chi connectivity index (χ4v) is 5.26. The van der Waals surface area contributed by atoms with Gasteiger partial charge in [-0.1, -0.05) is 25.6 Å². The van der Waals surface area contributed by atoms with Crippen LogP contribution in [0.4, 0.5) is 0 Å². The SMILES string of the molecule is COc1ccc(-n2c(S[C@H](C)C(=O)N3C[C@H](C)C[C@@H](C)C3)nnc2-c2ccncc2)cc1. The topological polar surface area (TPSA) is 73.1 Å². The minimum atomic E-state index is -0.265. The molecule has 1 aliphatic heterocycles. The molecule has 1 aliphatic rings. The Hall–Kier alpha value is -2.87. The average molecular weight is 452 g/mol. The van der Waals surface area contributed by atoms with Crippen molar-refractivity contribution in [3.05, 3.63) is 48.8 Å². The number of pyridine rings is 1. The van der Waals surface area contributed by atoms with E-state index in [2.05, 4.69) is 29.0 Å². The van der Waals surface area contributed by atoms with Crippen molar-refractivity contribution in [1.29, 1.82) is 0 Å². The average Bonchev–Trinajstić information content (AvgIpc) is 3.22. The number of methoxy groups -OCH3 is 1. The number of nitrogens with zero attached hydrogens (tertiary/aromatic N) is 5. The van der Waals surface area contributed by atoms with Crippen LogP contribution in [0.5, 0.6) is 5.75 Å². The summed E-state index contributed by atoms with van der Waals surface area (Å²) in [6.45, 7) is 8.03. The summed E-state index contributed by atoms with van der Waals surface area (Å²) in [5.41, 5.74) is 1.82. The summed E-state index contributed by atoms with van der Waals surface area (Å²) in [7, 11) is 1.65. The van der Waals surface area contributed by atoms with Crippen LogP contribution in [-0.4, -0.2) is 56.0 Å². The number of amides is 1. The summed E-state index contributed by atoms with van der Waals surface area (Å²) in [6, 6.07) is 11.6. The van der Waals surface area contributed by atoms with Crippen molar-refractivity contribution in [3.8, 4) is 22.8 Å². The van der Waals surface area contributed by atoms with E-state index in [4.69, 9.17) is 4.74 Å². The van der Waals surface area contributed by atoms with Crippen molar-refractivity contribution in [2.24, 2.45) is 11.8 Å². The number of carbonyl (C=O) groups excluding carboxylic acids is 1. The lowest BCUT2D eigenvalue weighted by atomic mass is 9.92. The molecule has 0 spiro atoms. The van der Waals surface area contributed by atoms with Gasteiger partial charge < -0.3 is 9.64 Å². The summed E-state index contributed by atoms with van der Waals surface area (Å²) in [5, 5.41) is 9.34. The number of aromatic nitrogens is 4. The van der Waals surface area contributed by atoms with Crippen LogP contribution in [0.25, 0.3) is 17.1 Å². The van der Waals surface area contributed by atoms with Crippen molar-refractivity contribution < 1.29 is 9.53 Å². The number of ether oxygens (including phenoxy) is 1. The molecule has 3 aromatic rings. The van der Waals surface area contributed by atoms with Gasteiger partial charge >= 0.3 is 0 Å². The summed E-state index contributed by atoms with van der Waals surface area (Å²) in [5.74, 6) is 2.70. The summed E-state index contributed by atoms with van der Waals surface area (Å²) >= 11 is 1.45. The van der Waals surface area contributed by atoms with Gasteiger partial charge in [0.15, 0.2) is 11.0 Å². The molecular formula is C24H29N5O2S. The molecule has 3 heterocycles. The lowest BCUT2D eigenvalue weighted by molar-refractivity contribution is -0.132. The van der Waals surface area contributed by atoms with Crippen LogP contribution in [0, 0.1) is 11.8 Å². The van der Waals surface area contributed by atoms with Gasteiger partial charge in [-0.2, -0.15) is 0 Å². The minimum absolute atomic E-state index is 0.156. The third kappa shape index (κ3) is 4.80. The Labute approximate surface area is 193 Å². The summed E-state index contributed by atoms with van der Waals surface area (Å²) in [4.78, 5) is 19.3. The molecule has 1 aromatic carbocycles. The molecule has 4 rings (SSSR count). The lowest BCUT2D eigenvalue weighted by Crippen LogP contribution is -2.45. The molecule has 0 N–H and O–H groups in total. The molecule has 0 radical (unpaired) electrons. The van der Waals surface area contributed by atoms with Gasteiger partial charge in [-0.25, -0.2) is 0 Å². The van der Waals surface area contributed by atoms with Crippen molar-refractivity contribution in [2.75, 3.05) is 20.2 Å². The highest BCUT2D eigenvalue weighted by Crippen LogP contribution is 2.32. The van der Waals surface area contributed by atoms with Gasteiger partial charge in [-0.05, 0) is 61.6 Å². The molecule has 2 aromatic heterocycles. The van der Waals surface area contributed by atoms with Crippen LogP contribution in [0.3, 0.4) is 0 Å². The highest BCUT2D eigenvalue weighted by Gasteiger charge is 2.30. The number of thioether (sulfide) groups is 1. The zero-order valence-electron chi connectivity index (χ0n) is 18.9. The van der Waals surface area contributed by atoms with E-state index in [9.17, 15) is 4.79 Å². The first-order valence-corrected chi connectivity index (χ1v) is 11.8. The largest absolute Gasteiger partial charge is 0.497 e. The lowest BCUT2D eigenvalue weighted by Gasteiger charge is -2.36. The number of benzene rings is 1. The highest BCUT2D eigenvalue weighted by atomic mass is 32.2. The third-order valence-electron chi connectivity index (χ3n) is 5.71. The molecule has 7 nitrogen and oxygen atoms in total. The smallest absolute Gasteiger partial charge is 0.235 e. The second-order valence-electron chi connectivity index (χ2n) is 8.52. The number of rotatable bonds is 6. The zero-order valence-corrected chi connectivity index (χ0v) is 19.7. The molecule has 3 atom stereocenters. The number of likely N-dealkylation sites (tertiary alicyclic amines) is 1. The Kier molecular flexibility index (Phi) is 6.79. The van der Waals surface area contributed by atoms with Crippen LogP contribution in [0.15, 0.2) is 53.9 Å². The number of hydrogen-bond acceptors (Lipinski definition) is 6. The Morgan fingerprint density at radius 2 is 1.72 bits per heavy atom. The summed E-state index contributed by atoms with van der Waals surface area (Å²) in [6.07, 6.45) is 4.65. The maximum atomic E-state index is 13.2. The van der Waals surface area contributed by atoms with E-state index in [-0.39, 0.29) is 11.2 Å². The molecule has 8 heteroatoms. The van der Waals surface area contributed by atoms with Gasteiger partial charge in [0, 0.05) is 36.7 Å². The number of piperidine rings is 1. The quantitative estimate of drug-likeness (QED) is 0.520. The first-order valence-electron chi connectivity index (χ1n) is 10.9. The molecule has 1 amide bonds. The highest BCUT2D eigenvalue weighted by molar-refractivity contribution is 8.00. The predicted octanol–water partition coefficient (Wildman–Crippen LogP) is 4.32. The van der Waals surface area contributed by atoms with Crippen LogP contribution in [0.2, 0.25) is 0 Å². The third-order valence-corrected chi connectivity index (χ3v) is 6.74. The molecular weight excluding hydrogens is 422 g/mol. The standard InChI is InChI=1S/C24H29N5O2S/c1-16-13-17(2)15-28(14-16)23(30)18(3)32-24-27-26-22(19-9-11-25-12-10-19)29(24)20-5-7-21(31-4)8-6-20/h5-12,16-18H,13-15H2,1-4H3/t16-,17-,18-/m1/s1. The van der Waals surface area contributed by atoms with E-state index in [1.54, 1.807) is 19.5 Å². The monoisotopic (exact) mass is 451 g/mol. The van der Waals surface area contributed by atoms with E-state index in [0.29, 0.717) is 22.8 Å². The second-order valence-corrected chi connectivity index (χ2v) is 9.83. The fourth-order valence-electron chi connectivity index (χ4n) is 4.31. The van der Waals surface area contributed by atoms with Crippen LogP contribution >= 0.6 is 11.8 Å². The summed E-state index contributed by atoms with van der Waals surface area (Å²) < 4.78 is 7.30. The van der Waals surface area contributed by atoms with Gasteiger partial charge in [0.2, 0.25) is 5.91 Å². The van der Waals surface area contributed by atoms with Gasteiger partial charge in [-0.3, -0.25) is 14.3 Å². The Morgan fingerprint density at radius 3 is 2.34 bits per heavy atom. The van der Waals surface area contributed by atoms with E-state index in [1.807, 2.05) is 52.8 Å². The van der Waals surface area contributed by atoms with Crippen LogP contribution < -0.4 is 4.74 Å². The van der Waals surface area contributed by atoms with E-state index >= 15 is 0 Å². The molecule has 0 saturated carbocycles. The molecule has 1 saturated heterocycles. The van der Waals surface area contributed by atoms with E-state index < -0.39 is 0 Å². The van der Waals surface area contributed by atoms with Gasteiger partial charge in [0.05, 0.1) is 12.4 Å². The first kappa shape index (κ1) is 22.3. The molecule has 0 unspecified atom stereocenters. The maximum absolute atomic E-state index is 13.2. The van der Waals surface area contributed by atoms with Crippen LogP contribution in [0.1, 0.15) is 27.2 Å². The molecule has 0 aliphatic carbocycles. The molecule has 0 bridgehead atoms. The van der Waals surface area contributed by atoms with Crippen molar-refractivity contribution in [1.82, 2.24) is 24.6 Å². The first-order chi connectivity index (χ1) is 15.5. The van der Waals surface area contributed by atoms with Gasteiger partial charge in [-0.15, -0.1) is 10.2 Å². The molecule has 1 fully saturated rings. The number of hydrogen-bond donors (Lipinski definition) is 0. The van der Waals surface area contributed by atoms with Crippen LogP contribution in [-0.2, 0) is 4.79 Å². The maximum Gasteiger partial charge on any atom is 0.235 e. The van der Waals surface area contributed by atoms with Gasteiger partial charge in [0.25, 0.3) is 0 Å². The Morgan fingerprint density at radius 1 is 1.06 bits per heavy atom. The fraction of sp³-hybridized carbons (Fsp3) is 0.417. The number of carbonyl (C=O) groups is 1. The molecule has 168 valence electrons. The zero-order chi connectivity index (χ0) is 22.7. The van der Waals surface area contributed by atoms with Crippen molar-refractivity contribution in [3.63, 3.8) is 0 Å². The second kappa shape index (κ2) is 9.73. The normalized spacial score (nSPS) is 19.6. The van der Waals surface area contributed by atoms with Gasteiger partial charge in [0.1, 0.15) is 5.75 Å². The Balaban J connectivity index is 1.64. The minimum Gasteiger partial charge on any atom is -0.497 e. The van der Waals surface area contributed by atoms with E-state index in [0.717, 1.165) is 30.1 Å². The van der Waals surface area contributed by atoms with E-state index in [1.165, 1.54) is 18.2 Å². The molecule has 32 heavy (non-hydrogen) atoms. The Bertz CT molecular complexity index is 1040.